The van der Waals surface area contributed by atoms with Crippen LogP contribution in [0.2, 0.25) is 4.34 Å². The molecule has 1 atom stereocenters. The first kappa shape index (κ1) is 13.3. The molecule has 0 aromatic carbocycles. The van der Waals surface area contributed by atoms with Crippen molar-refractivity contribution < 1.29 is 0 Å². The second-order valence-electron chi connectivity index (χ2n) is 4.74. The van der Waals surface area contributed by atoms with Crippen molar-refractivity contribution in [3.05, 3.63) is 21.3 Å². The maximum absolute atomic E-state index is 5.97. The molecule has 2 heterocycles. The molecule has 0 spiro atoms. The fraction of sp³-hybridized carbons (Fsp3) is 0.692. The number of nitrogens with one attached hydrogen (secondary N) is 1. The minimum Gasteiger partial charge on any atom is -0.307 e. The highest BCUT2D eigenvalue weighted by atomic mass is 35.5. The smallest absolute Gasteiger partial charge is 0.0931 e. The number of halogens is 1. The lowest BCUT2D eigenvalue weighted by molar-refractivity contribution is 0.200. The number of thiophene rings is 1. The quantitative estimate of drug-likeness (QED) is 0.902. The highest BCUT2D eigenvalue weighted by Gasteiger charge is 2.20. The van der Waals surface area contributed by atoms with Crippen LogP contribution < -0.4 is 5.32 Å². The molecule has 4 heteroatoms. The van der Waals surface area contributed by atoms with Crippen molar-refractivity contribution in [1.82, 2.24) is 10.2 Å². The van der Waals surface area contributed by atoms with Gasteiger partial charge in [0, 0.05) is 17.0 Å². The summed E-state index contributed by atoms with van der Waals surface area (Å²) in [6, 6.07) is 5.20. The van der Waals surface area contributed by atoms with E-state index in [1.54, 1.807) is 11.3 Å². The lowest BCUT2D eigenvalue weighted by atomic mass is 10.0. The van der Waals surface area contributed by atoms with Gasteiger partial charge in [0.05, 0.1) is 4.34 Å². The summed E-state index contributed by atoms with van der Waals surface area (Å²) >= 11 is 7.65. The van der Waals surface area contributed by atoms with Crippen LogP contribution in [0.1, 0.15) is 37.6 Å². The molecular formula is C13H21ClN2S. The highest BCUT2D eigenvalue weighted by molar-refractivity contribution is 7.16. The molecule has 96 valence electrons. The van der Waals surface area contributed by atoms with Crippen molar-refractivity contribution in [2.75, 3.05) is 19.6 Å². The lowest BCUT2D eigenvalue weighted by Crippen LogP contribution is -2.42. The van der Waals surface area contributed by atoms with Gasteiger partial charge < -0.3 is 10.2 Å². The number of likely N-dealkylation sites (tertiary alicyclic amines) is 1. The molecule has 0 amide bonds. The molecule has 1 saturated heterocycles. The van der Waals surface area contributed by atoms with Gasteiger partial charge in [-0.2, -0.15) is 0 Å². The number of nitrogens with zero attached hydrogens (tertiary/aromatic N) is 1. The normalized spacial score (nSPS) is 20.6. The maximum atomic E-state index is 5.97. The van der Waals surface area contributed by atoms with Gasteiger partial charge in [-0.15, -0.1) is 11.3 Å². The molecule has 1 aliphatic heterocycles. The van der Waals surface area contributed by atoms with Crippen molar-refractivity contribution in [2.24, 2.45) is 0 Å². The van der Waals surface area contributed by atoms with E-state index in [9.17, 15) is 0 Å². The van der Waals surface area contributed by atoms with Crippen LogP contribution in [0.15, 0.2) is 12.1 Å². The summed E-state index contributed by atoms with van der Waals surface area (Å²) < 4.78 is 0.884. The predicted octanol–water partition coefficient (Wildman–Crippen LogP) is 3.54. The topological polar surface area (TPSA) is 15.3 Å². The molecule has 1 aromatic rings. The van der Waals surface area contributed by atoms with Crippen LogP contribution >= 0.6 is 22.9 Å². The van der Waals surface area contributed by atoms with Gasteiger partial charge in [0.25, 0.3) is 0 Å². The Bertz CT molecular complexity index is 345. The van der Waals surface area contributed by atoms with Gasteiger partial charge in [0.15, 0.2) is 0 Å². The van der Waals surface area contributed by atoms with Gasteiger partial charge in [0.2, 0.25) is 0 Å². The minimum absolute atomic E-state index is 0.422. The zero-order valence-corrected chi connectivity index (χ0v) is 12.2. The zero-order valence-electron chi connectivity index (χ0n) is 10.6. The first-order chi connectivity index (χ1) is 8.19. The first-order valence-electron chi connectivity index (χ1n) is 6.42. The third kappa shape index (κ3) is 3.68. The molecule has 1 aliphatic rings. The molecule has 1 aromatic heterocycles. The second-order valence-corrected chi connectivity index (χ2v) is 6.49. The van der Waals surface area contributed by atoms with Gasteiger partial charge in [-0.3, -0.25) is 0 Å². The summed E-state index contributed by atoms with van der Waals surface area (Å²) in [6.45, 7) is 8.11. The van der Waals surface area contributed by atoms with E-state index >= 15 is 0 Å². The van der Waals surface area contributed by atoms with E-state index in [1.165, 1.54) is 37.4 Å². The largest absolute Gasteiger partial charge is 0.307 e. The molecule has 1 N–H and O–H groups in total. The Balaban J connectivity index is 1.81. The zero-order chi connectivity index (χ0) is 12.3. The second kappa shape index (κ2) is 6.19. The van der Waals surface area contributed by atoms with Gasteiger partial charge in [0.1, 0.15) is 0 Å². The molecule has 2 nitrogen and oxygen atoms in total. The Morgan fingerprint density at radius 3 is 2.71 bits per heavy atom. The SMILES string of the molecule is CCN1CCC(NC(C)c2ccc(Cl)s2)CC1. The van der Waals surface area contributed by atoms with Crippen molar-refractivity contribution in [3.63, 3.8) is 0 Å². The minimum atomic E-state index is 0.422. The Hall–Kier alpha value is -0.0900. The summed E-state index contributed by atoms with van der Waals surface area (Å²) in [5, 5.41) is 3.72. The number of piperidine rings is 1. The standard InChI is InChI=1S/C13H21ClN2S/c1-3-16-8-6-11(7-9-16)15-10(2)12-4-5-13(14)17-12/h4-5,10-11,15H,3,6-9H2,1-2H3. The fourth-order valence-electron chi connectivity index (χ4n) is 2.41. The molecule has 0 radical (unpaired) electrons. The lowest BCUT2D eigenvalue weighted by Gasteiger charge is -2.33. The van der Waals surface area contributed by atoms with Crippen LogP contribution in [0.3, 0.4) is 0 Å². The van der Waals surface area contributed by atoms with Crippen molar-refractivity contribution in [3.8, 4) is 0 Å². The van der Waals surface area contributed by atoms with E-state index in [-0.39, 0.29) is 0 Å². The number of hydrogen-bond acceptors (Lipinski definition) is 3. The van der Waals surface area contributed by atoms with Crippen LogP contribution in [0, 0.1) is 0 Å². The average molecular weight is 273 g/mol. The molecule has 2 rings (SSSR count). The number of hydrogen-bond donors (Lipinski definition) is 1. The fourth-order valence-corrected chi connectivity index (χ4v) is 3.48. The van der Waals surface area contributed by atoms with Crippen LogP contribution in [-0.4, -0.2) is 30.6 Å². The molecule has 17 heavy (non-hydrogen) atoms. The van der Waals surface area contributed by atoms with E-state index in [4.69, 9.17) is 11.6 Å². The molecule has 0 bridgehead atoms. The molecule has 1 fully saturated rings. The van der Waals surface area contributed by atoms with Crippen LogP contribution in [0.4, 0.5) is 0 Å². The Kier molecular flexibility index (Phi) is 4.86. The summed E-state index contributed by atoms with van der Waals surface area (Å²) in [7, 11) is 0. The van der Waals surface area contributed by atoms with E-state index in [2.05, 4.69) is 30.1 Å². The average Bonchev–Trinajstić information content (AvgIpc) is 2.77. The van der Waals surface area contributed by atoms with Crippen LogP contribution in [-0.2, 0) is 0 Å². The van der Waals surface area contributed by atoms with Crippen LogP contribution in [0.25, 0.3) is 0 Å². The van der Waals surface area contributed by atoms with E-state index in [0.717, 1.165) is 4.34 Å². The van der Waals surface area contributed by atoms with Crippen molar-refractivity contribution in [2.45, 2.75) is 38.8 Å². The van der Waals surface area contributed by atoms with E-state index in [1.807, 2.05) is 6.07 Å². The Morgan fingerprint density at radius 2 is 2.18 bits per heavy atom. The Morgan fingerprint density at radius 1 is 1.47 bits per heavy atom. The summed E-state index contributed by atoms with van der Waals surface area (Å²) in [6.07, 6.45) is 2.52. The molecule has 1 unspecified atom stereocenters. The monoisotopic (exact) mass is 272 g/mol. The van der Waals surface area contributed by atoms with Gasteiger partial charge in [-0.05, 0) is 51.5 Å². The predicted molar refractivity (Wildman–Crippen MR) is 76.0 cm³/mol. The highest BCUT2D eigenvalue weighted by Crippen LogP contribution is 2.27. The number of rotatable bonds is 4. The molecule has 0 saturated carbocycles. The third-order valence-electron chi connectivity index (χ3n) is 3.54. The van der Waals surface area contributed by atoms with Gasteiger partial charge in [-0.1, -0.05) is 18.5 Å². The van der Waals surface area contributed by atoms with E-state index in [0.29, 0.717) is 12.1 Å². The summed E-state index contributed by atoms with van der Waals surface area (Å²) in [5.74, 6) is 0. The Labute approximate surface area is 113 Å². The van der Waals surface area contributed by atoms with Gasteiger partial charge >= 0.3 is 0 Å². The molecule has 0 aliphatic carbocycles. The first-order valence-corrected chi connectivity index (χ1v) is 7.62. The van der Waals surface area contributed by atoms with Gasteiger partial charge in [-0.25, -0.2) is 0 Å². The van der Waals surface area contributed by atoms with Crippen molar-refractivity contribution in [1.29, 1.82) is 0 Å². The third-order valence-corrected chi connectivity index (χ3v) is 4.96. The van der Waals surface area contributed by atoms with Crippen molar-refractivity contribution >= 4 is 22.9 Å². The maximum Gasteiger partial charge on any atom is 0.0931 e. The summed E-state index contributed by atoms with van der Waals surface area (Å²) in [5.41, 5.74) is 0. The van der Waals surface area contributed by atoms with Crippen LogP contribution in [0.5, 0.6) is 0 Å². The summed E-state index contributed by atoms with van der Waals surface area (Å²) in [4.78, 5) is 3.86. The van der Waals surface area contributed by atoms with E-state index < -0.39 is 0 Å². The molecular weight excluding hydrogens is 252 g/mol.